The zero-order chi connectivity index (χ0) is 15.3. The van der Waals surface area contributed by atoms with Gasteiger partial charge < -0.3 is 15.7 Å². The van der Waals surface area contributed by atoms with Gasteiger partial charge in [-0.3, -0.25) is 0 Å². The van der Waals surface area contributed by atoms with Crippen LogP contribution in [-0.2, 0) is 6.54 Å². The van der Waals surface area contributed by atoms with Gasteiger partial charge in [-0.1, -0.05) is 31.9 Å². The third-order valence-electron chi connectivity index (χ3n) is 4.11. The van der Waals surface area contributed by atoms with Gasteiger partial charge in [-0.05, 0) is 36.0 Å². The quantitative estimate of drug-likeness (QED) is 0.780. The number of urea groups is 1. The predicted octanol–water partition coefficient (Wildman–Crippen LogP) is 2.76. The minimum Gasteiger partial charge on any atom is -0.478 e. The van der Waals surface area contributed by atoms with E-state index < -0.39 is 5.97 Å². The van der Waals surface area contributed by atoms with Gasteiger partial charge >= 0.3 is 12.0 Å². The summed E-state index contributed by atoms with van der Waals surface area (Å²) >= 11 is 0. The molecule has 1 fully saturated rings. The molecule has 0 bridgehead atoms. The Bertz CT molecular complexity index is 522. The molecule has 2 rings (SSSR count). The zero-order valence-electron chi connectivity index (χ0n) is 12.3. The van der Waals surface area contributed by atoms with Gasteiger partial charge in [0.05, 0.1) is 5.56 Å². The maximum absolute atomic E-state index is 11.8. The van der Waals surface area contributed by atoms with Crippen LogP contribution in [0.1, 0.15) is 48.5 Å². The summed E-state index contributed by atoms with van der Waals surface area (Å²) in [6.45, 7) is 3.22. The molecule has 114 valence electrons. The molecule has 1 saturated carbocycles. The molecule has 0 atom stereocenters. The van der Waals surface area contributed by atoms with Gasteiger partial charge in [-0.15, -0.1) is 0 Å². The Balaban J connectivity index is 1.78. The summed E-state index contributed by atoms with van der Waals surface area (Å²) in [7, 11) is 0. The largest absolute Gasteiger partial charge is 0.478 e. The molecule has 1 aliphatic carbocycles. The number of hydrogen-bond donors (Lipinski definition) is 3. The van der Waals surface area contributed by atoms with E-state index in [9.17, 15) is 9.59 Å². The Hall–Kier alpha value is -2.04. The first-order valence-electron chi connectivity index (χ1n) is 7.32. The van der Waals surface area contributed by atoms with Gasteiger partial charge in [-0.2, -0.15) is 0 Å². The second-order valence-corrected chi connectivity index (χ2v) is 6.06. The molecule has 1 aromatic rings. The van der Waals surface area contributed by atoms with E-state index in [2.05, 4.69) is 17.6 Å². The maximum atomic E-state index is 11.8. The highest BCUT2D eigenvalue weighted by Crippen LogP contribution is 2.36. The number of carboxylic acids is 1. The lowest BCUT2D eigenvalue weighted by atomic mass is 9.89. The van der Waals surface area contributed by atoms with Crippen LogP contribution in [0, 0.1) is 5.41 Å². The third-order valence-corrected chi connectivity index (χ3v) is 4.11. The van der Waals surface area contributed by atoms with Crippen molar-refractivity contribution in [2.45, 2.75) is 39.2 Å². The Labute approximate surface area is 124 Å². The zero-order valence-corrected chi connectivity index (χ0v) is 12.3. The normalized spacial score (nSPS) is 16.4. The second-order valence-electron chi connectivity index (χ2n) is 6.06. The Kier molecular flexibility index (Phi) is 4.83. The van der Waals surface area contributed by atoms with Gasteiger partial charge in [0.1, 0.15) is 0 Å². The average molecular weight is 290 g/mol. The second kappa shape index (κ2) is 6.61. The highest BCUT2D eigenvalue weighted by Gasteiger charge is 2.28. The van der Waals surface area contributed by atoms with Crippen molar-refractivity contribution in [1.29, 1.82) is 0 Å². The maximum Gasteiger partial charge on any atom is 0.335 e. The Morgan fingerprint density at radius 1 is 1.24 bits per heavy atom. The molecule has 2 amide bonds. The summed E-state index contributed by atoms with van der Waals surface area (Å²) in [6.07, 6.45) is 4.80. The fourth-order valence-corrected chi connectivity index (χ4v) is 2.76. The van der Waals surface area contributed by atoms with Gasteiger partial charge in [0.2, 0.25) is 0 Å². The topological polar surface area (TPSA) is 78.4 Å². The van der Waals surface area contributed by atoms with Crippen LogP contribution in [-0.4, -0.2) is 23.7 Å². The van der Waals surface area contributed by atoms with Crippen LogP contribution in [0.3, 0.4) is 0 Å². The van der Waals surface area contributed by atoms with Crippen LogP contribution in [0.15, 0.2) is 24.3 Å². The van der Waals surface area contributed by atoms with Crippen LogP contribution >= 0.6 is 0 Å². The summed E-state index contributed by atoms with van der Waals surface area (Å²) in [5, 5.41) is 14.6. The first kappa shape index (κ1) is 15.4. The van der Waals surface area contributed by atoms with E-state index in [0.29, 0.717) is 13.1 Å². The molecule has 21 heavy (non-hydrogen) atoms. The van der Waals surface area contributed by atoms with Gasteiger partial charge in [0.15, 0.2) is 0 Å². The van der Waals surface area contributed by atoms with Crippen LogP contribution in [0.25, 0.3) is 0 Å². The highest BCUT2D eigenvalue weighted by molar-refractivity contribution is 5.87. The summed E-state index contributed by atoms with van der Waals surface area (Å²) in [4.78, 5) is 22.7. The molecule has 0 unspecified atom stereocenters. The van der Waals surface area contributed by atoms with E-state index in [1.165, 1.54) is 18.9 Å². The van der Waals surface area contributed by atoms with Crippen molar-refractivity contribution >= 4 is 12.0 Å². The summed E-state index contributed by atoms with van der Waals surface area (Å²) < 4.78 is 0. The molecule has 1 aliphatic rings. The summed E-state index contributed by atoms with van der Waals surface area (Å²) in [5.41, 5.74) is 1.23. The van der Waals surface area contributed by atoms with E-state index in [-0.39, 0.29) is 17.0 Å². The molecule has 3 N–H and O–H groups in total. The molecular formula is C16H22N2O3. The Morgan fingerprint density at radius 2 is 1.95 bits per heavy atom. The lowest BCUT2D eigenvalue weighted by Gasteiger charge is -2.23. The minimum atomic E-state index is -0.963. The summed E-state index contributed by atoms with van der Waals surface area (Å²) in [6, 6.07) is 6.38. The van der Waals surface area contributed by atoms with Crippen molar-refractivity contribution in [2.24, 2.45) is 5.41 Å². The SMILES string of the molecule is CC1(CNC(=O)NCc2cccc(C(=O)O)c2)CCCC1. The standard InChI is InChI=1S/C16H22N2O3/c1-16(7-2-3-8-16)11-18-15(21)17-10-12-5-4-6-13(9-12)14(19)20/h4-6,9H,2-3,7-8,10-11H2,1H3,(H,19,20)(H2,17,18,21). The average Bonchev–Trinajstić information content (AvgIpc) is 2.90. The molecule has 0 radical (unpaired) electrons. The molecule has 5 nitrogen and oxygen atoms in total. The number of carbonyl (C=O) groups excluding carboxylic acids is 1. The van der Waals surface area contributed by atoms with Crippen LogP contribution < -0.4 is 10.6 Å². The first-order valence-corrected chi connectivity index (χ1v) is 7.32. The molecule has 0 saturated heterocycles. The van der Waals surface area contributed by atoms with Crippen LogP contribution in [0.5, 0.6) is 0 Å². The number of carbonyl (C=O) groups is 2. The molecular weight excluding hydrogens is 268 g/mol. The molecule has 0 aromatic heterocycles. The first-order chi connectivity index (χ1) is 9.98. The number of rotatable bonds is 5. The fraction of sp³-hybridized carbons (Fsp3) is 0.500. The number of aromatic carboxylic acids is 1. The van der Waals surface area contributed by atoms with Crippen LogP contribution in [0.4, 0.5) is 4.79 Å². The van der Waals surface area contributed by atoms with Crippen molar-refractivity contribution in [3.05, 3.63) is 35.4 Å². The molecule has 1 aromatic carbocycles. The minimum absolute atomic E-state index is 0.205. The van der Waals surface area contributed by atoms with E-state index in [0.717, 1.165) is 18.4 Å². The predicted molar refractivity (Wildman–Crippen MR) is 80.2 cm³/mol. The third kappa shape index (κ3) is 4.48. The molecule has 0 heterocycles. The number of carboxylic acid groups (broad SMARTS) is 1. The van der Waals surface area contributed by atoms with Crippen molar-refractivity contribution in [1.82, 2.24) is 10.6 Å². The van der Waals surface area contributed by atoms with Crippen molar-refractivity contribution in [3.8, 4) is 0 Å². The number of benzene rings is 1. The van der Waals surface area contributed by atoms with Crippen molar-refractivity contribution in [3.63, 3.8) is 0 Å². The van der Waals surface area contributed by atoms with Gasteiger partial charge in [-0.25, -0.2) is 9.59 Å². The van der Waals surface area contributed by atoms with E-state index in [1.54, 1.807) is 18.2 Å². The number of hydrogen-bond acceptors (Lipinski definition) is 2. The number of amides is 2. The summed E-state index contributed by atoms with van der Waals surface area (Å²) in [5.74, 6) is -0.963. The van der Waals surface area contributed by atoms with E-state index in [4.69, 9.17) is 5.11 Å². The number of nitrogens with one attached hydrogen (secondary N) is 2. The lowest BCUT2D eigenvalue weighted by Crippen LogP contribution is -2.40. The Morgan fingerprint density at radius 3 is 2.62 bits per heavy atom. The van der Waals surface area contributed by atoms with Crippen LogP contribution in [0.2, 0.25) is 0 Å². The molecule has 0 spiro atoms. The lowest BCUT2D eigenvalue weighted by molar-refractivity contribution is 0.0696. The van der Waals surface area contributed by atoms with Gasteiger partial charge in [0, 0.05) is 13.1 Å². The van der Waals surface area contributed by atoms with Gasteiger partial charge in [0.25, 0.3) is 0 Å². The van der Waals surface area contributed by atoms with E-state index >= 15 is 0 Å². The molecule has 0 aliphatic heterocycles. The monoisotopic (exact) mass is 290 g/mol. The fourth-order valence-electron chi connectivity index (χ4n) is 2.76. The smallest absolute Gasteiger partial charge is 0.335 e. The van der Waals surface area contributed by atoms with Crippen molar-refractivity contribution in [2.75, 3.05) is 6.54 Å². The highest BCUT2D eigenvalue weighted by atomic mass is 16.4. The molecule has 5 heteroatoms. The van der Waals surface area contributed by atoms with Crippen molar-refractivity contribution < 1.29 is 14.7 Å². The van der Waals surface area contributed by atoms with E-state index in [1.807, 2.05) is 0 Å².